The molecular formula is C16H22FNO3. The maximum absolute atomic E-state index is 14.2. The van der Waals surface area contributed by atoms with E-state index in [1.807, 2.05) is 26.8 Å². The molecule has 0 bridgehead atoms. The normalized spacial score (nSPS) is 23.8. The summed E-state index contributed by atoms with van der Waals surface area (Å²) in [5.74, 6) is -0.478. The number of piperidine rings is 1. The molecule has 2 atom stereocenters. The number of benzene rings is 1. The Morgan fingerprint density at radius 2 is 1.95 bits per heavy atom. The van der Waals surface area contributed by atoms with Gasteiger partial charge in [0.25, 0.3) is 0 Å². The number of ether oxygens (including phenoxy) is 1. The molecule has 1 fully saturated rings. The van der Waals surface area contributed by atoms with Crippen molar-refractivity contribution in [3.05, 3.63) is 35.9 Å². The van der Waals surface area contributed by atoms with Crippen LogP contribution in [0, 0.1) is 0 Å². The minimum Gasteiger partial charge on any atom is -0.456 e. The van der Waals surface area contributed by atoms with Gasteiger partial charge in [-0.25, -0.2) is 9.18 Å². The summed E-state index contributed by atoms with van der Waals surface area (Å²) in [5.41, 5.74) is 0.0888. The minimum atomic E-state index is -1.24. The topological polar surface area (TPSA) is 38.8 Å². The monoisotopic (exact) mass is 295 g/mol. The zero-order valence-electron chi connectivity index (χ0n) is 12.7. The summed E-state index contributed by atoms with van der Waals surface area (Å²) >= 11 is 0. The van der Waals surface area contributed by atoms with E-state index >= 15 is 0 Å². The molecule has 4 nitrogen and oxygen atoms in total. The third-order valence-corrected chi connectivity index (χ3v) is 3.12. The van der Waals surface area contributed by atoms with E-state index < -0.39 is 18.2 Å². The summed E-state index contributed by atoms with van der Waals surface area (Å²) in [6.45, 7) is 6.42. The molecule has 0 N–H and O–H groups in total. The van der Waals surface area contributed by atoms with Crippen molar-refractivity contribution in [3.63, 3.8) is 0 Å². The third kappa shape index (κ3) is 4.79. The number of hydroxylamine groups is 2. The molecule has 1 aromatic carbocycles. The number of hydrogen-bond acceptors (Lipinski definition) is 4. The fourth-order valence-electron chi connectivity index (χ4n) is 2.24. The molecule has 0 spiro atoms. The van der Waals surface area contributed by atoms with E-state index in [-0.39, 0.29) is 12.1 Å². The van der Waals surface area contributed by atoms with Gasteiger partial charge in [0.2, 0.25) is 0 Å². The lowest BCUT2D eigenvalue weighted by atomic mass is 10.1. The van der Waals surface area contributed by atoms with E-state index in [4.69, 9.17) is 9.57 Å². The molecule has 2 rings (SSSR count). The van der Waals surface area contributed by atoms with Crippen LogP contribution in [0.3, 0.4) is 0 Å². The zero-order valence-corrected chi connectivity index (χ0v) is 12.7. The Kier molecular flexibility index (Phi) is 4.96. The molecule has 0 saturated carbocycles. The van der Waals surface area contributed by atoms with E-state index in [0.29, 0.717) is 18.5 Å². The van der Waals surface area contributed by atoms with Gasteiger partial charge in [0.05, 0.1) is 17.7 Å². The number of esters is 1. The Bertz CT molecular complexity index is 472. The number of carbonyl (C=O) groups is 1. The van der Waals surface area contributed by atoms with Crippen molar-refractivity contribution in [2.45, 2.75) is 45.1 Å². The standard InChI is InChI=1S/C16H22FNO3/c1-16(2,3)21-18-10-9-14(13(17)11-18)20-15(19)12-7-5-4-6-8-12/h4-8,13-14H,9-11H2,1-3H3. The molecule has 0 radical (unpaired) electrons. The first-order valence-electron chi connectivity index (χ1n) is 7.19. The predicted molar refractivity (Wildman–Crippen MR) is 77.6 cm³/mol. The van der Waals surface area contributed by atoms with Crippen LogP contribution >= 0.6 is 0 Å². The number of rotatable bonds is 3. The van der Waals surface area contributed by atoms with Crippen LogP contribution in [0.2, 0.25) is 0 Å². The molecule has 1 saturated heterocycles. The maximum Gasteiger partial charge on any atom is 0.338 e. The summed E-state index contributed by atoms with van der Waals surface area (Å²) in [4.78, 5) is 17.6. The van der Waals surface area contributed by atoms with Crippen LogP contribution in [0.15, 0.2) is 30.3 Å². The van der Waals surface area contributed by atoms with Crippen molar-refractivity contribution in [3.8, 4) is 0 Å². The Morgan fingerprint density at radius 1 is 1.29 bits per heavy atom. The lowest BCUT2D eigenvalue weighted by Gasteiger charge is -2.36. The van der Waals surface area contributed by atoms with Gasteiger partial charge in [-0.15, -0.1) is 0 Å². The zero-order chi connectivity index (χ0) is 15.5. The van der Waals surface area contributed by atoms with E-state index in [9.17, 15) is 9.18 Å². The Morgan fingerprint density at radius 3 is 2.52 bits per heavy atom. The van der Waals surface area contributed by atoms with Crippen molar-refractivity contribution in [1.29, 1.82) is 0 Å². The highest BCUT2D eigenvalue weighted by molar-refractivity contribution is 5.89. The number of nitrogens with zero attached hydrogens (tertiary/aromatic N) is 1. The first-order chi connectivity index (χ1) is 9.85. The smallest absolute Gasteiger partial charge is 0.338 e. The molecule has 0 aliphatic carbocycles. The Balaban J connectivity index is 1.88. The van der Waals surface area contributed by atoms with Gasteiger partial charge < -0.3 is 4.74 Å². The number of alkyl halides is 1. The van der Waals surface area contributed by atoms with Gasteiger partial charge in [0, 0.05) is 13.0 Å². The highest BCUT2D eigenvalue weighted by Crippen LogP contribution is 2.21. The van der Waals surface area contributed by atoms with Crippen LogP contribution in [0.4, 0.5) is 4.39 Å². The van der Waals surface area contributed by atoms with Gasteiger partial charge >= 0.3 is 5.97 Å². The van der Waals surface area contributed by atoms with E-state index in [1.165, 1.54) is 0 Å². The molecule has 21 heavy (non-hydrogen) atoms. The largest absolute Gasteiger partial charge is 0.456 e. The molecular weight excluding hydrogens is 273 g/mol. The van der Waals surface area contributed by atoms with Crippen LogP contribution in [0.25, 0.3) is 0 Å². The average molecular weight is 295 g/mol. The summed E-state index contributed by atoms with van der Waals surface area (Å²) in [6.07, 6.45) is -1.53. The second kappa shape index (κ2) is 6.54. The lowest BCUT2D eigenvalue weighted by molar-refractivity contribution is -0.251. The van der Waals surface area contributed by atoms with Crippen LogP contribution < -0.4 is 0 Å². The minimum absolute atomic E-state index is 0.115. The second-order valence-corrected chi connectivity index (χ2v) is 6.21. The third-order valence-electron chi connectivity index (χ3n) is 3.12. The van der Waals surface area contributed by atoms with E-state index in [0.717, 1.165) is 0 Å². The SMILES string of the molecule is CC(C)(C)ON1CCC(OC(=O)c2ccccc2)C(F)C1. The molecule has 1 heterocycles. The quantitative estimate of drug-likeness (QED) is 0.804. The first-order valence-corrected chi connectivity index (χ1v) is 7.19. The van der Waals surface area contributed by atoms with Crippen molar-refractivity contribution in [1.82, 2.24) is 5.06 Å². The summed E-state index contributed by atoms with van der Waals surface area (Å²) < 4.78 is 19.4. The van der Waals surface area contributed by atoms with Gasteiger partial charge in [-0.05, 0) is 32.9 Å². The van der Waals surface area contributed by atoms with Gasteiger partial charge in [-0.2, -0.15) is 5.06 Å². The fourth-order valence-corrected chi connectivity index (χ4v) is 2.24. The number of hydrogen-bond donors (Lipinski definition) is 0. The van der Waals surface area contributed by atoms with Gasteiger partial charge in [-0.1, -0.05) is 18.2 Å². The van der Waals surface area contributed by atoms with Gasteiger partial charge in [0.1, 0.15) is 6.10 Å². The average Bonchev–Trinajstić information content (AvgIpc) is 2.41. The Labute approximate surface area is 124 Å². The Hall–Kier alpha value is -1.46. The van der Waals surface area contributed by atoms with Gasteiger partial charge in [0.15, 0.2) is 6.17 Å². The first kappa shape index (κ1) is 15.9. The summed E-state index contributed by atoms with van der Waals surface area (Å²) in [7, 11) is 0. The van der Waals surface area contributed by atoms with Crippen LogP contribution in [-0.2, 0) is 9.57 Å². The molecule has 2 unspecified atom stereocenters. The molecule has 1 aromatic rings. The van der Waals surface area contributed by atoms with Crippen molar-refractivity contribution < 1.29 is 18.8 Å². The van der Waals surface area contributed by atoms with Crippen molar-refractivity contribution >= 4 is 5.97 Å². The molecule has 5 heteroatoms. The highest BCUT2D eigenvalue weighted by atomic mass is 19.1. The van der Waals surface area contributed by atoms with Gasteiger partial charge in [-0.3, -0.25) is 4.84 Å². The van der Waals surface area contributed by atoms with Crippen LogP contribution in [-0.4, -0.2) is 42.0 Å². The highest BCUT2D eigenvalue weighted by Gasteiger charge is 2.34. The molecule has 1 aliphatic heterocycles. The van der Waals surface area contributed by atoms with Crippen molar-refractivity contribution in [2.75, 3.05) is 13.1 Å². The van der Waals surface area contributed by atoms with E-state index in [1.54, 1.807) is 29.3 Å². The summed E-state index contributed by atoms with van der Waals surface area (Å²) in [5, 5.41) is 1.61. The molecule has 0 aromatic heterocycles. The van der Waals surface area contributed by atoms with Crippen LogP contribution in [0.1, 0.15) is 37.6 Å². The number of carbonyl (C=O) groups excluding carboxylic acids is 1. The second-order valence-electron chi connectivity index (χ2n) is 6.21. The molecule has 0 amide bonds. The van der Waals surface area contributed by atoms with Crippen molar-refractivity contribution in [2.24, 2.45) is 0 Å². The predicted octanol–water partition coefficient (Wildman–Crippen LogP) is 2.99. The summed E-state index contributed by atoms with van der Waals surface area (Å²) in [6, 6.07) is 8.64. The molecule has 1 aliphatic rings. The lowest BCUT2D eigenvalue weighted by Crippen LogP contribution is -2.48. The fraction of sp³-hybridized carbons (Fsp3) is 0.562. The maximum atomic E-state index is 14.2. The van der Waals surface area contributed by atoms with E-state index in [2.05, 4.69) is 0 Å². The van der Waals surface area contributed by atoms with Crippen LogP contribution in [0.5, 0.6) is 0 Å². The number of halogens is 1. The molecule has 116 valence electrons.